The number of aryl methyl sites for hydroxylation is 1. The van der Waals surface area contributed by atoms with Crippen molar-refractivity contribution in [1.82, 2.24) is 4.90 Å². The highest BCUT2D eigenvalue weighted by atomic mass is 16.3. The molecular weight excluding hydrogens is 264 g/mol. The van der Waals surface area contributed by atoms with Gasteiger partial charge < -0.3 is 15.1 Å². The van der Waals surface area contributed by atoms with Crippen molar-refractivity contribution < 1.29 is 9.21 Å². The number of amides is 1. The van der Waals surface area contributed by atoms with E-state index in [-0.39, 0.29) is 11.9 Å². The van der Waals surface area contributed by atoms with Gasteiger partial charge in [-0.1, -0.05) is 30.3 Å². The van der Waals surface area contributed by atoms with Crippen molar-refractivity contribution in [1.29, 1.82) is 0 Å². The Morgan fingerprint density at radius 2 is 1.95 bits per heavy atom. The van der Waals surface area contributed by atoms with E-state index in [4.69, 9.17) is 10.2 Å². The van der Waals surface area contributed by atoms with Crippen LogP contribution >= 0.6 is 0 Å². The number of carbonyl (C=O) groups excluding carboxylic acids is 1. The monoisotopic (exact) mass is 286 g/mol. The molecule has 0 aliphatic heterocycles. The van der Waals surface area contributed by atoms with Crippen LogP contribution < -0.4 is 5.73 Å². The molecule has 0 fully saturated rings. The molecule has 0 aliphatic carbocycles. The van der Waals surface area contributed by atoms with Gasteiger partial charge in [-0.15, -0.1) is 0 Å². The summed E-state index contributed by atoms with van der Waals surface area (Å²) in [5, 5.41) is 0. The van der Waals surface area contributed by atoms with E-state index < -0.39 is 0 Å². The second-order valence-electron chi connectivity index (χ2n) is 5.32. The molecule has 0 aliphatic rings. The summed E-state index contributed by atoms with van der Waals surface area (Å²) < 4.78 is 5.48. The molecule has 1 aromatic carbocycles. The number of furan rings is 1. The number of hydrogen-bond acceptors (Lipinski definition) is 3. The topological polar surface area (TPSA) is 59.5 Å². The molecule has 1 aromatic heterocycles. The molecule has 4 heteroatoms. The lowest BCUT2D eigenvalue weighted by atomic mass is 10.0. The number of carbonyl (C=O) groups is 1. The first-order valence-electron chi connectivity index (χ1n) is 7.16. The molecule has 2 N–H and O–H groups in total. The summed E-state index contributed by atoms with van der Waals surface area (Å²) in [5.41, 5.74) is 7.17. The first kappa shape index (κ1) is 15.3. The van der Waals surface area contributed by atoms with Crippen molar-refractivity contribution in [2.24, 2.45) is 5.73 Å². The number of hydrogen-bond donors (Lipinski definition) is 1. The Balaban J connectivity index is 1.81. The summed E-state index contributed by atoms with van der Waals surface area (Å²) in [6, 6.07) is 13.6. The maximum atomic E-state index is 12.1. The minimum Gasteiger partial charge on any atom is -0.464 e. The van der Waals surface area contributed by atoms with Crippen LogP contribution in [0.4, 0.5) is 0 Å². The van der Waals surface area contributed by atoms with Crippen LogP contribution in [0.25, 0.3) is 0 Å². The maximum absolute atomic E-state index is 12.1. The lowest BCUT2D eigenvalue weighted by Gasteiger charge is -2.17. The Morgan fingerprint density at radius 1 is 1.24 bits per heavy atom. The summed E-state index contributed by atoms with van der Waals surface area (Å²) in [6.45, 7) is 2.39. The number of nitrogens with zero attached hydrogens (tertiary/aromatic N) is 1. The molecule has 0 saturated carbocycles. The quantitative estimate of drug-likeness (QED) is 0.888. The van der Waals surface area contributed by atoms with Crippen LogP contribution in [0.3, 0.4) is 0 Å². The summed E-state index contributed by atoms with van der Waals surface area (Å²) in [5.74, 6) is 1.74. The van der Waals surface area contributed by atoms with Gasteiger partial charge in [0.2, 0.25) is 5.91 Å². The maximum Gasteiger partial charge on any atom is 0.222 e. The van der Waals surface area contributed by atoms with Crippen LogP contribution in [0, 0.1) is 6.92 Å². The fraction of sp³-hybridized carbons (Fsp3) is 0.353. The van der Waals surface area contributed by atoms with Crippen molar-refractivity contribution in [2.45, 2.75) is 32.4 Å². The zero-order chi connectivity index (χ0) is 15.2. The summed E-state index contributed by atoms with van der Waals surface area (Å²) in [7, 11) is 1.79. The van der Waals surface area contributed by atoms with Gasteiger partial charge in [0.15, 0.2) is 0 Å². The molecule has 0 bridgehead atoms. The minimum absolute atomic E-state index is 0.0791. The van der Waals surface area contributed by atoms with Gasteiger partial charge in [0.1, 0.15) is 11.5 Å². The highest BCUT2D eigenvalue weighted by Crippen LogP contribution is 2.16. The average molecular weight is 286 g/mol. The van der Waals surface area contributed by atoms with Crippen molar-refractivity contribution in [3.05, 3.63) is 59.5 Å². The number of nitrogens with two attached hydrogens (primary N) is 1. The van der Waals surface area contributed by atoms with Gasteiger partial charge in [-0.2, -0.15) is 0 Å². The third kappa shape index (κ3) is 4.46. The Kier molecular flexibility index (Phi) is 5.17. The molecule has 2 rings (SSSR count). The van der Waals surface area contributed by atoms with Crippen molar-refractivity contribution in [2.75, 3.05) is 7.05 Å². The van der Waals surface area contributed by atoms with Crippen LogP contribution in [-0.4, -0.2) is 17.9 Å². The van der Waals surface area contributed by atoms with E-state index in [2.05, 4.69) is 0 Å². The molecule has 2 aromatic rings. The third-order valence-corrected chi connectivity index (χ3v) is 3.51. The third-order valence-electron chi connectivity index (χ3n) is 3.51. The predicted octanol–water partition coefficient (Wildman–Crippen LogP) is 3.03. The molecule has 21 heavy (non-hydrogen) atoms. The molecule has 0 radical (unpaired) electrons. The smallest absolute Gasteiger partial charge is 0.222 e. The fourth-order valence-corrected chi connectivity index (χ4v) is 2.23. The van der Waals surface area contributed by atoms with Gasteiger partial charge >= 0.3 is 0 Å². The lowest BCUT2D eigenvalue weighted by molar-refractivity contribution is -0.130. The molecular formula is C17H22N2O2. The average Bonchev–Trinajstić information content (AvgIpc) is 2.90. The van der Waals surface area contributed by atoms with Gasteiger partial charge in [-0.05, 0) is 31.0 Å². The van der Waals surface area contributed by atoms with E-state index in [0.29, 0.717) is 19.4 Å². The van der Waals surface area contributed by atoms with E-state index in [0.717, 1.165) is 17.1 Å². The summed E-state index contributed by atoms with van der Waals surface area (Å²) >= 11 is 0. The van der Waals surface area contributed by atoms with E-state index >= 15 is 0 Å². The first-order valence-corrected chi connectivity index (χ1v) is 7.16. The zero-order valence-corrected chi connectivity index (χ0v) is 12.6. The summed E-state index contributed by atoms with van der Waals surface area (Å²) in [6.07, 6.45) is 1.08. The summed E-state index contributed by atoms with van der Waals surface area (Å²) in [4.78, 5) is 13.8. The normalized spacial score (nSPS) is 12.1. The SMILES string of the molecule is Cc1ccc(CN(C)C(=O)CCC(N)c2ccccc2)o1. The fourth-order valence-electron chi connectivity index (χ4n) is 2.23. The van der Waals surface area contributed by atoms with Crippen LogP contribution in [-0.2, 0) is 11.3 Å². The van der Waals surface area contributed by atoms with Gasteiger partial charge in [0.05, 0.1) is 6.54 Å². The largest absolute Gasteiger partial charge is 0.464 e. The minimum atomic E-state index is -0.102. The molecule has 0 saturated heterocycles. The van der Waals surface area contributed by atoms with E-state index in [1.807, 2.05) is 49.4 Å². The van der Waals surface area contributed by atoms with Crippen LogP contribution in [0.5, 0.6) is 0 Å². The van der Waals surface area contributed by atoms with Crippen molar-refractivity contribution in [3.8, 4) is 0 Å². The van der Waals surface area contributed by atoms with E-state index in [1.54, 1.807) is 11.9 Å². The Morgan fingerprint density at radius 3 is 2.57 bits per heavy atom. The number of rotatable bonds is 6. The Hall–Kier alpha value is -2.07. The standard InChI is InChI=1S/C17H22N2O2/c1-13-8-9-15(21-13)12-19(2)17(20)11-10-16(18)14-6-4-3-5-7-14/h3-9,16H,10-12,18H2,1-2H3. The molecule has 4 nitrogen and oxygen atoms in total. The first-order chi connectivity index (χ1) is 10.1. The van der Waals surface area contributed by atoms with Gasteiger partial charge in [0, 0.05) is 19.5 Å². The highest BCUT2D eigenvalue weighted by molar-refractivity contribution is 5.75. The molecule has 1 amide bonds. The molecule has 1 heterocycles. The molecule has 1 atom stereocenters. The van der Waals surface area contributed by atoms with E-state index in [1.165, 1.54) is 0 Å². The van der Waals surface area contributed by atoms with Crippen LogP contribution in [0.2, 0.25) is 0 Å². The zero-order valence-electron chi connectivity index (χ0n) is 12.6. The molecule has 1 unspecified atom stereocenters. The lowest BCUT2D eigenvalue weighted by Crippen LogP contribution is -2.26. The predicted molar refractivity (Wildman–Crippen MR) is 82.5 cm³/mol. The Bertz CT molecular complexity index is 577. The van der Waals surface area contributed by atoms with Crippen LogP contribution in [0.15, 0.2) is 46.9 Å². The van der Waals surface area contributed by atoms with Crippen molar-refractivity contribution in [3.63, 3.8) is 0 Å². The van der Waals surface area contributed by atoms with E-state index in [9.17, 15) is 4.79 Å². The van der Waals surface area contributed by atoms with Gasteiger partial charge in [0.25, 0.3) is 0 Å². The molecule has 0 spiro atoms. The highest BCUT2D eigenvalue weighted by Gasteiger charge is 2.13. The molecule has 112 valence electrons. The van der Waals surface area contributed by atoms with Gasteiger partial charge in [-0.25, -0.2) is 0 Å². The van der Waals surface area contributed by atoms with Crippen molar-refractivity contribution >= 4 is 5.91 Å². The second kappa shape index (κ2) is 7.09. The van der Waals surface area contributed by atoms with Crippen LogP contribution in [0.1, 0.15) is 36.0 Å². The van der Waals surface area contributed by atoms with Gasteiger partial charge in [-0.3, -0.25) is 4.79 Å². The Labute approximate surface area is 125 Å². The number of benzene rings is 1. The second-order valence-corrected chi connectivity index (χ2v) is 5.32.